The van der Waals surface area contributed by atoms with E-state index < -0.39 is 0 Å². The summed E-state index contributed by atoms with van der Waals surface area (Å²) < 4.78 is 12.9. The minimum atomic E-state index is -0.252. The zero-order chi connectivity index (χ0) is 14.5. The van der Waals surface area contributed by atoms with Gasteiger partial charge in [-0.2, -0.15) is 0 Å². The Kier molecular flexibility index (Phi) is 4.51. The molecule has 0 saturated heterocycles. The molecule has 0 aromatic heterocycles. The predicted molar refractivity (Wildman–Crippen MR) is 79.1 cm³/mol. The highest BCUT2D eigenvalue weighted by Crippen LogP contribution is 2.20. The first kappa shape index (κ1) is 14.3. The summed E-state index contributed by atoms with van der Waals surface area (Å²) in [6.45, 7) is 4.01. The fourth-order valence-corrected chi connectivity index (χ4v) is 1.87. The summed E-state index contributed by atoms with van der Waals surface area (Å²) in [6, 6.07) is 13.8. The fraction of sp³-hybridized carbons (Fsp3) is 0.235. The molecule has 0 saturated carbocycles. The number of halogens is 1. The van der Waals surface area contributed by atoms with Crippen LogP contribution in [0.1, 0.15) is 30.6 Å². The van der Waals surface area contributed by atoms with Crippen LogP contribution in [0.3, 0.4) is 0 Å². The Hall–Kier alpha value is -2.16. The molecular weight excluding hydrogens is 253 g/mol. The Bertz CT molecular complexity index is 575. The molecule has 0 radical (unpaired) electrons. The van der Waals surface area contributed by atoms with Crippen molar-refractivity contribution in [3.8, 4) is 11.1 Å². The van der Waals surface area contributed by atoms with E-state index in [1.165, 1.54) is 12.1 Å². The third kappa shape index (κ3) is 3.44. The third-order valence-electron chi connectivity index (χ3n) is 3.31. The Morgan fingerprint density at radius 3 is 2.05 bits per heavy atom. The van der Waals surface area contributed by atoms with Gasteiger partial charge in [-0.05, 0) is 48.7 Å². The number of carbonyl (C=O) groups is 1. The number of hydrogen-bond acceptors (Lipinski definition) is 1. The van der Waals surface area contributed by atoms with Crippen molar-refractivity contribution in [1.29, 1.82) is 0 Å². The second kappa shape index (κ2) is 6.33. The van der Waals surface area contributed by atoms with E-state index in [-0.39, 0.29) is 17.8 Å². The number of amides is 1. The Morgan fingerprint density at radius 1 is 1.05 bits per heavy atom. The zero-order valence-electron chi connectivity index (χ0n) is 11.7. The molecule has 1 N–H and O–H groups in total. The second-order valence-corrected chi connectivity index (χ2v) is 4.87. The lowest BCUT2D eigenvalue weighted by molar-refractivity contribution is 0.0939. The van der Waals surface area contributed by atoms with Gasteiger partial charge in [0.2, 0.25) is 0 Å². The van der Waals surface area contributed by atoms with Crippen LogP contribution >= 0.6 is 0 Å². The molecule has 104 valence electrons. The average molecular weight is 271 g/mol. The highest BCUT2D eigenvalue weighted by Gasteiger charge is 2.08. The smallest absolute Gasteiger partial charge is 0.251 e. The van der Waals surface area contributed by atoms with E-state index in [1.54, 1.807) is 24.3 Å². The van der Waals surface area contributed by atoms with E-state index in [2.05, 4.69) is 5.32 Å². The highest BCUT2D eigenvalue weighted by atomic mass is 19.1. The molecule has 20 heavy (non-hydrogen) atoms. The van der Waals surface area contributed by atoms with Crippen molar-refractivity contribution in [3.05, 3.63) is 59.9 Å². The van der Waals surface area contributed by atoms with Crippen molar-refractivity contribution in [2.24, 2.45) is 0 Å². The highest BCUT2D eigenvalue weighted by molar-refractivity contribution is 5.94. The largest absolute Gasteiger partial charge is 0.350 e. The summed E-state index contributed by atoms with van der Waals surface area (Å²) in [6.07, 6.45) is 0.902. The maximum Gasteiger partial charge on any atom is 0.251 e. The molecule has 2 nitrogen and oxygen atoms in total. The average Bonchev–Trinajstić information content (AvgIpc) is 2.48. The lowest BCUT2D eigenvalue weighted by Crippen LogP contribution is -2.31. The van der Waals surface area contributed by atoms with E-state index in [0.29, 0.717) is 5.56 Å². The molecule has 0 fully saturated rings. The van der Waals surface area contributed by atoms with Crippen molar-refractivity contribution in [1.82, 2.24) is 5.32 Å². The summed E-state index contributed by atoms with van der Waals surface area (Å²) >= 11 is 0. The number of nitrogens with one attached hydrogen (secondary N) is 1. The van der Waals surface area contributed by atoms with Gasteiger partial charge < -0.3 is 5.32 Å². The van der Waals surface area contributed by atoms with Gasteiger partial charge in [0, 0.05) is 11.6 Å². The van der Waals surface area contributed by atoms with E-state index in [0.717, 1.165) is 17.5 Å². The van der Waals surface area contributed by atoms with Crippen LogP contribution in [0.25, 0.3) is 11.1 Å². The maximum atomic E-state index is 12.9. The molecule has 1 atom stereocenters. The van der Waals surface area contributed by atoms with Crippen LogP contribution in [-0.4, -0.2) is 11.9 Å². The third-order valence-corrected chi connectivity index (χ3v) is 3.31. The molecule has 2 aromatic carbocycles. The van der Waals surface area contributed by atoms with Gasteiger partial charge in [0.05, 0.1) is 0 Å². The quantitative estimate of drug-likeness (QED) is 0.894. The van der Waals surface area contributed by atoms with Crippen molar-refractivity contribution < 1.29 is 9.18 Å². The normalized spacial score (nSPS) is 11.9. The van der Waals surface area contributed by atoms with Crippen LogP contribution in [0.5, 0.6) is 0 Å². The van der Waals surface area contributed by atoms with Crippen LogP contribution in [0.2, 0.25) is 0 Å². The first-order chi connectivity index (χ1) is 9.60. The first-order valence-corrected chi connectivity index (χ1v) is 6.77. The molecule has 0 unspecified atom stereocenters. The van der Waals surface area contributed by atoms with Gasteiger partial charge in [0.15, 0.2) is 0 Å². The molecule has 0 bridgehead atoms. The molecular formula is C17H18FNO. The molecule has 3 heteroatoms. The van der Waals surface area contributed by atoms with E-state index in [4.69, 9.17) is 0 Å². The Labute approximate surface area is 118 Å². The molecule has 0 aliphatic carbocycles. The van der Waals surface area contributed by atoms with Gasteiger partial charge in [0.25, 0.3) is 5.91 Å². The summed E-state index contributed by atoms with van der Waals surface area (Å²) in [4.78, 5) is 11.9. The van der Waals surface area contributed by atoms with E-state index >= 15 is 0 Å². The molecule has 0 aliphatic heterocycles. The Balaban J connectivity index is 2.14. The summed E-state index contributed by atoms with van der Waals surface area (Å²) in [5.74, 6) is -0.316. The molecule has 2 aromatic rings. The summed E-state index contributed by atoms with van der Waals surface area (Å²) in [5.41, 5.74) is 2.53. The van der Waals surface area contributed by atoms with Crippen molar-refractivity contribution in [2.75, 3.05) is 0 Å². The van der Waals surface area contributed by atoms with Gasteiger partial charge >= 0.3 is 0 Å². The standard InChI is InChI=1S/C17H18FNO/c1-3-12(2)19-17(20)15-6-4-13(5-7-15)14-8-10-16(18)11-9-14/h4-12H,3H2,1-2H3,(H,19,20)/t12-/m1/s1. The van der Waals surface area contributed by atoms with E-state index in [9.17, 15) is 9.18 Å². The number of carbonyl (C=O) groups excluding carboxylic acids is 1. The minimum Gasteiger partial charge on any atom is -0.350 e. The summed E-state index contributed by atoms with van der Waals surface area (Å²) in [7, 11) is 0. The first-order valence-electron chi connectivity index (χ1n) is 6.77. The van der Waals surface area contributed by atoms with Crippen LogP contribution in [0.4, 0.5) is 4.39 Å². The topological polar surface area (TPSA) is 29.1 Å². The number of benzene rings is 2. The number of rotatable bonds is 4. The molecule has 2 rings (SSSR count). The van der Waals surface area contributed by atoms with Crippen molar-refractivity contribution in [2.45, 2.75) is 26.3 Å². The van der Waals surface area contributed by atoms with Gasteiger partial charge in [-0.1, -0.05) is 31.2 Å². The zero-order valence-corrected chi connectivity index (χ0v) is 11.7. The molecule has 0 spiro atoms. The Morgan fingerprint density at radius 2 is 1.55 bits per heavy atom. The minimum absolute atomic E-state index is 0.0648. The van der Waals surface area contributed by atoms with Crippen molar-refractivity contribution >= 4 is 5.91 Å². The lowest BCUT2D eigenvalue weighted by atomic mass is 10.0. The molecule has 0 aliphatic rings. The predicted octanol–water partition coefficient (Wildman–Crippen LogP) is 4.02. The second-order valence-electron chi connectivity index (χ2n) is 4.87. The maximum absolute atomic E-state index is 12.9. The fourth-order valence-electron chi connectivity index (χ4n) is 1.87. The summed E-state index contributed by atoms with van der Waals surface area (Å²) in [5, 5.41) is 2.92. The van der Waals surface area contributed by atoms with E-state index in [1.807, 2.05) is 26.0 Å². The van der Waals surface area contributed by atoms with Crippen LogP contribution < -0.4 is 5.32 Å². The SMILES string of the molecule is CC[C@@H](C)NC(=O)c1ccc(-c2ccc(F)cc2)cc1. The monoisotopic (exact) mass is 271 g/mol. The number of hydrogen-bond donors (Lipinski definition) is 1. The van der Waals surface area contributed by atoms with Crippen LogP contribution in [0.15, 0.2) is 48.5 Å². The van der Waals surface area contributed by atoms with Crippen LogP contribution in [-0.2, 0) is 0 Å². The van der Waals surface area contributed by atoms with Gasteiger partial charge in [-0.15, -0.1) is 0 Å². The molecule has 1 amide bonds. The van der Waals surface area contributed by atoms with Gasteiger partial charge in [0.1, 0.15) is 5.82 Å². The van der Waals surface area contributed by atoms with Gasteiger partial charge in [-0.3, -0.25) is 4.79 Å². The van der Waals surface area contributed by atoms with Crippen LogP contribution in [0, 0.1) is 5.82 Å². The lowest BCUT2D eigenvalue weighted by Gasteiger charge is -2.11. The van der Waals surface area contributed by atoms with Gasteiger partial charge in [-0.25, -0.2) is 4.39 Å². The molecule has 0 heterocycles. The van der Waals surface area contributed by atoms with Crippen molar-refractivity contribution in [3.63, 3.8) is 0 Å².